The van der Waals surface area contributed by atoms with Gasteiger partial charge in [0.15, 0.2) is 10.1 Å². The number of carbonyl (C=O) groups is 2. The minimum absolute atomic E-state index is 0.154. The van der Waals surface area contributed by atoms with Crippen molar-refractivity contribution < 1.29 is 14.3 Å². The van der Waals surface area contributed by atoms with Crippen LogP contribution >= 0.6 is 15.9 Å². The lowest BCUT2D eigenvalue weighted by Crippen LogP contribution is -2.46. The van der Waals surface area contributed by atoms with Crippen LogP contribution in [0.2, 0.25) is 0 Å². The highest BCUT2D eigenvalue weighted by Crippen LogP contribution is 2.32. The van der Waals surface area contributed by atoms with Gasteiger partial charge in [-0.1, -0.05) is 35.9 Å². The van der Waals surface area contributed by atoms with Crippen molar-refractivity contribution >= 4 is 27.7 Å². The van der Waals surface area contributed by atoms with Gasteiger partial charge in [0, 0.05) is 5.92 Å². The Balaban J connectivity index is 5.14. The first kappa shape index (κ1) is 17.4. The van der Waals surface area contributed by atoms with Crippen molar-refractivity contribution in [2.24, 2.45) is 5.92 Å². The summed E-state index contributed by atoms with van der Waals surface area (Å²) in [5, 5.41) is 0. The third-order valence-corrected chi connectivity index (χ3v) is 3.44. The van der Waals surface area contributed by atoms with Crippen LogP contribution in [-0.2, 0) is 14.3 Å². The van der Waals surface area contributed by atoms with Crippen molar-refractivity contribution in [2.45, 2.75) is 57.4 Å². The Bertz CT molecular complexity index is 328. The van der Waals surface area contributed by atoms with E-state index in [0.717, 1.165) is 0 Å². The molecule has 0 aliphatic carbocycles. The molecule has 0 heterocycles. The molecule has 1 unspecified atom stereocenters. The normalized spacial score (nSPS) is 15.1. The average molecular weight is 319 g/mol. The summed E-state index contributed by atoms with van der Waals surface area (Å²) < 4.78 is 4.07. The molecule has 4 heteroatoms. The lowest BCUT2D eigenvalue weighted by Gasteiger charge is -2.29. The fraction of sp³-hybridized carbons (Fsp3) is 0.714. The maximum absolute atomic E-state index is 12.2. The van der Waals surface area contributed by atoms with Crippen LogP contribution in [0.3, 0.4) is 0 Å². The molecule has 0 fully saturated rings. The fourth-order valence-electron chi connectivity index (χ4n) is 1.44. The Hall–Kier alpha value is -0.640. The summed E-state index contributed by atoms with van der Waals surface area (Å²) in [4.78, 5) is 24.4. The van der Waals surface area contributed by atoms with Crippen molar-refractivity contribution in [3.63, 3.8) is 0 Å². The van der Waals surface area contributed by atoms with Crippen LogP contribution in [0.4, 0.5) is 0 Å². The highest BCUT2D eigenvalue weighted by Gasteiger charge is 2.46. The van der Waals surface area contributed by atoms with Crippen LogP contribution in [0.15, 0.2) is 12.7 Å². The number of allylic oxidation sites excluding steroid dienone is 1. The van der Waals surface area contributed by atoms with E-state index in [0.29, 0.717) is 12.8 Å². The van der Waals surface area contributed by atoms with Crippen LogP contribution in [0.1, 0.15) is 47.5 Å². The second-order valence-corrected chi connectivity index (χ2v) is 7.00. The molecule has 0 aromatic carbocycles. The number of hydrogen-bond donors (Lipinski definition) is 0. The molecule has 0 saturated heterocycles. The number of Topliss-reactive ketones (excluding diaryl/α,β-unsaturated/α-hetero) is 1. The first-order chi connectivity index (χ1) is 8.04. The SMILES string of the molecule is C=CCCC(Br)(C(=O)OC(C)(C)C)C(=O)C(C)C. The van der Waals surface area contributed by atoms with Crippen molar-refractivity contribution in [2.75, 3.05) is 0 Å². The smallest absolute Gasteiger partial charge is 0.331 e. The number of hydrogen-bond acceptors (Lipinski definition) is 3. The number of rotatable bonds is 6. The highest BCUT2D eigenvalue weighted by atomic mass is 79.9. The third kappa shape index (κ3) is 4.92. The number of ether oxygens (including phenoxy) is 1. The van der Waals surface area contributed by atoms with Crippen molar-refractivity contribution in [1.29, 1.82) is 0 Å². The summed E-state index contributed by atoms with van der Waals surface area (Å²) in [6.45, 7) is 12.5. The summed E-state index contributed by atoms with van der Waals surface area (Å²) in [6, 6.07) is 0. The molecular weight excluding hydrogens is 296 g/mol. The fourth-order valence-corrected chi connectivity index (χ4v) is 2.21. The van der Waals surface area contributed by atoms with E-state index in [2.05, 4.69) is 22.5 Å². The lowest BCUT2D eigenvalue weighted by molar-refractivity contribution is -0.160. The zero-order chi connectivity index (χ0) is 14.6. The maximum atomic E-state index is 12.2. The minimum atomic E-state index is -1.26. The zero-order valence-corrected chi connectivity index (χ0v) is 13.5. The molecule has 18 heavy (non-hydrogen) atoms. The molecule has 0 rings (SSSR count). The van der Waals surface area contributed by atoms with Gasteiger partial charge in [-0.2, -0.15) is 0 Å². The van der Waals surface area contributed by atoms with Crippen LogP contribution in [0, 0.1) is 5.92 Å². The molecule has 3 nitrogen and oxygen atoms in total. The summed E-state index contributed by atoms with van der Waals surface area (Å²) in [7, 11) is 0. The molecule has 0 aliphatic heterocycles. The van der Waals surface area contributed by atoms with Crippen LogP contribution in [-0.4, -0.2) is 21.7 Å². The van der Waals surface area contributed by atoms with Gasteiger partial charge >= 0.3 is 5.97 Å². The molecule has 0 radical (unpaired) electrons. The second-order valence-electron chi connectivity index (χ2n) is 5.65. The zero-order valence-electron chi connectivity index (χ0n) is 11.9. The van der Waals surface area contributed by atoms with Crippen molar-refractivity contribution in [1.82, 2.24) is 0 Å². The Kier molecular flexibility index (Phi) is 6.27. The average Bonchev–Trinajstić information content (AvgIpc) is 2.22. The van der Waals surface area contributed by atoms with Gasteiger partial charge in [-0.05, 0) is 33.6 Å². The number of ketones is 1. The van der Waals surface area contributed by atoms with Crippen LogP contribution in [0.25, 0.3) is 0 Å². The first-order valence-corrected chi connectivity index (χ1v) is 6.91. The van der Waals surface area contributed by atoms with Gasteiger partial charge in [-0.3, -0.25) is 9.59 Å². The van der Waals surface area contributed by atoms with Crippen molar-refractivity contribution in [3.8, 4) is 0 Å². The molecule has 104 valence electrons. The summed E-state index contributed by atoms with van der Waals surface area (Å²) in [6.07, 6.45) is 2.62. The molecule has 1 atom stereocenters. The molecule has 0 aromatic heterocycles. The van der Waals surface area contributed by atoms with E-state index in [1.807, 2.05) is 0 Å². The van der Waals surface area contributed by atoms with E-state index in [-0.39, 0.29) is 11.7 Å². The molecular formula is C14H23BrO3. The number of alkyl halides is 1. The first-order valence-electron chi connectivity index (χ1n) is 6.12. The van der Waals surface area contributed by atoms with Gasteiger partial charge in [-0.15, -0.1) is 6.58 Å². The maximum Gasteiger partial charge on any atom is 0.331 e. The predicted molar refractivity (Wildman–Crippen MR) is 76.8 cm³/mol. The van der Waals surface area contributed by atoms with E-state index < -0.39 is 15.9 Å². The number of halogens is 1. The minimum Gasteiger partial charge on any atom is -0.459 e. The van der Waals surface area contributed by atoms with Crippen LogP contribution in [0.5, 0.6) is 0 Å². The Morgan fingerprint density at radius 1 is 1.33 bits per heavy atom. The molecule has 0 aromatic rings. The molecule has 0 saturated carbocycles. The third-order valence-electron chi connectivity index (χ3n) is 2.33. The van der Waals surface area contributed by atoms with E-state index in [4.69, 9.17) is 4.74 Å². The van der Waals surface area contributed by atoms with Gasteiger partial charge < -0.3 is 4.74 Å². The summed E-state index contributed by atoms with van der Waals surface area (Å²) in [5.74, 6) is -0.907. The number of esters is 1. The van der Waals surface area contributed by atoms with E-state index in [1.54, 1.807) is 40.7 Å². The monoisotopic (exact) mass is 318 g/mol. The lowest BCUT2D eigenvalue weighted by atomic mass is 9.90. The van der Waals surface area contributed by atoms with E-state index in [9.17, 15) is 9.59 Å². The summed E-state index contributed by atoms with van der Waals surface area (Å²) in [5.41, 5.74) is -0.610. The quantitative estimate of drug-likeness (QED) is 0.325. The van der Waals surface area contributed by atoms with Crippen molar-refractivity contribution in [3.05, 3.63) is 12.7 Å². The number of carbonyl (C=O) groups excluding carboxylic acids is 2. The summed E-state index contributed by atoms with van der Waals surface area (Å²) >= 11 is 3.30. The van der Waals surface area contributed by atoms with Gasteiger partial charge in [0.25, 0.3) is 0 Å². The van der Waals surface area contributed by atoms with E-state index in [1.165, 1.54) is 0 Å². The Morgan fingerprint density at radius 2 is 1.83 bits per heavy atom. The molecule has 0 amide bonds. The van der Waals surface area contributed by atoms with Gasteiger partial charge in [0.2, 0.25) is 0 Å². The molecule has 0 N–H and O–H groups in total. The van der Waals surface area contributed by atoms with Gasteiger partial charge in [-0.25, -0.2) is 0 Å². The standard InChI is InChI=1S/C14H23BrO3/c1-7-8-9-14(15,11(16)10(2)3)12(17)18-13(4,5)6/h7,10H,1,8-9H2,2-6H3. The second kappa shape index (κ2) is 6.50. The Morgan fingerprint density at radius 3 is 2.17 bits per heavy atom. The largest absolute Gasteiger partial charge is 0.459 e. The predicted octanol–water partition coefficient (Wildman–Crippen LogP) is 3.65. The molecule has 0 bridgehead atoms. The van der Waals surface area contributed by atoms with Gasteiger partial charge in [0.05, 0.1) is 0 Å². The Labute approximate surface area is 118 Å². The highest BCUT2D eigenvalue weighted by molar-refractivity contribution is 9.10. The van der Waals surface area contributed by atoms with Gasteiger partial charge in [0.1, 0.15) is 5.60 Å². The van der Waals surface area contributed by atoms with Crippen LogP contribution < -0.4 is 0 Å². The van der Waals surface area contributed by atoms with E-state index >= 15 is 0 Å². The topological polar surface area (TPSA) is 43.4 Å². The molecule has 0 aliphatic rings. The molecule has 0 spiro atoms.